The molecule has 0 bridgehead atoms. The first-order chi connectivity index (χ1) is 8.90. The molecular formula is C11H16N2O4S2. The molecule has 2 N–H and O–H groups in total. The monoisotopic (exact) mass is 304 g/mol. The van der Waals surface area contributed by atoms with Crippen molar-refractivity contribution in [3.05, 3.63) is 23.9 Å². The lowest BCUT2D eigenvalue weighted by Gasteiger charge is -2.15. The van der Waals surface area contributed by atoms with Gasteiger partial charge in [-0.15, -0.1) is 0 Å². The SMILES string of the molecule is CCC(CSC)NS(=O)(=O)c1ccc(C(=O)O)cn1. The van der Waals surface area contributed by atoms with Crippen LogP contribution in [0.15, 0.2) is 23.4 Å². The van der Waals surface area contributed by atoms with E-state index in [0.717, 1.165) is 6.20 Å². The maximum Gasteiger partial charge on any atom is 0.337 e. The fourth-order valence-electron chi connectivity index (χ4n) is 1.38. The molecule has 1 aromatic rings. The lowest BCUT2D eigenvalue weighted by molar-refractivity contribution is 0.0696. The molecule has 0 fully saturated rings. The van der Waals surface area contributed by atoms with E-state index in [1.54, 1.807) is 11.8 Å². The Morgan fingerprint density at radius 3 is 2.63 bits per heavy atom. The maximum atomic E-state index is 12.0. The minimum atomic E-state index is -3.70. The highest BCUT2D eigenvalue weighted by atomic mass is 32.2. The van der Waals surface area contributed by atoms with E-state index >= 15 is 0 Å². The largest absolute Gasteiger partial charge is 0.478 e. The summed E-state index contributed by atoms with van der Waals surface area (Å²) in [5.41, 5.74) is -0.0462. The summed E-state index contributed by atoms with van der Waals surface area (Å²) in [6.45, 7) is 1.89. The van der Waals surface area contributed by atoms with Crippen LogP contribution in [0.5, 0.6) is 0 Å². The van der Waals surface area contributed by atoms with Crippen LogP contribution >= 0.6 is 11.8 Å². The molecule has 0 aromatic carbocycles. The van der Waals surface area contributed by atoms with Crippen LogP contribution < -0.4 is 4.72 Å². The molecule has 1 rings (SSSR count). The molecule has 0 saturated heterocycles. The number of aromatic nitrogens is 1. The Morgan fingerprint density at radius 1 is 1.53 bits per heavy atom. The third kappa shape index (κ3) is 4.48. The van der Waals surface area contributed by atoms with Crippen LogP contribution in [0.25, 0.3) is 0 Å². The van der Waals surface area contributed by atoms with Crippen LogP contribution in [0, 0.1) is 0 Å². The molecule has 1 unspecified atom stereocenters. The number of sulfonamides is 1. The molecule has 1 heterocycles. The van der Waals surface area contributed by atoms with E-state index in [9.17, 15) is 13.2 Å². The molecule has 1 aromatic heterocycles. The van der Waals surface area contributed by atoms with E-state index in [1.165, 1.54) is 12.1 Å². The Hall–Kier alpha value is -1.12. The van der Waals surface area contributed by atoms with Crippen molar-refractivity contribution < 1.29 is 18.3 Å². The summed E-state index contributed by atoms with van der Waals surface area (Å²) in [6.07, 6.45) is 3.61. The van der Waals surface area contributed by atoms with E-state index < -0.39 is 16.0 Å². The minimum Gasteiger partial charge on any atom is -0.478 e. The van der Waals surface area contributed by atoms with E-state index in [1.807, 2.05) is 13.2 Å². The summed E-state index contributed by atoms with van der Waals surface area (Å²) in [4.78, 5) is 14.3. The summed E-state index contributed by atoms with van der Waals surface area (Å²) in [7, 11) is -3.70. The second-order valence-electron chi connectivity index (χ2n) is 3.87. The number of carboxylic acid groups (broad SMARTS) is 1. The van der Waals surface area contributed by atoms with Gasteiger partial charge in [0.05, 0.1) is 5.56 Å². The van der Waals surface area contributed by atoms with Crippen molar-refractivity contribution in [2.75, 3.05) is 12.0 Å². The van der Waals surface area contributed by atoms with Gasteiger partial charge in [0.2, 0.25) is 0 Å². The van der Waals surface area contributed by atoms with Crippen molar-refractivity contribution in [1.29, 1.82) is 0 Å². The van der Waals surface area contributed by atoms with Crippen molar-refractivity contribution in [2.24, 2.45) is 0 Å². The molecule has 0 aliphatic rings. The number of hydrogen-bond acceptors (Lipinski definition) is 5. The Kier molecular flexibility index (Phi) is 5.77. The highest BCUT2D eigenvalue weighted by Crippen LogP contribution is 2.10. The van der Waals surface area contributed by atoms with Crippen LogP contribution in [0.4, 0.5) is 0 Å². The zero-order chi connectivity index (χ0) is 14.5. The third-order valence-electron chi connectivity index (χ3n) is 2.44. The number of pyridine rings is 1. The van der Waals surface area contributed by atoms with E-state index in [-0.39, 0.29) is 16.6 Å². The summed E-state index contributed by atoms with van der Waals surface area (Å²) >= 11 is 1.55. The van der Waals surface area contributed by atoms with Gasteiger partial charge in [-0.3, -0.25) is 0 Å². The maximum absolute atomic E-state index is 12.0. The molecule has 106 valence electrons. The zero-order valence-electron chi connectivity index (χ0n) is 10.7. The van der Waals surface area contributed by atoms with Crippen LogP contribution in [0.2, 0.25) is 0 Å². The van der Waals surface area contributed by atoms with Gasteiger partial charge in [-0.2, -0.15) is 11.8 Å². The van der Waals surface area contributed by atoms with Gasteiger partial charge in [0.15, 0.2) is 5.03 Å². The predicted molar refractivity (Wildman–Crippen MR) is 74.0 cm³/mol. The van der Waals surface area contributed by atoms with Crippen molar-refractivity contribution in [1.82, 2.24) is 9.71 Å². The average molecular weight is 304 g/mol. The lowest BCUT2D eigenvalue weighted by Crippen LogP contribution is -2.36. The van der Waals surface area contributed by atoms with Crippen LogP contribution in [-0.4, -0.2) is 42.5 Å². The van der Waals surface area contributed by atoms with Gasteiger partial charge in [0, 0.05) is 18.0 Å². The molecule has 6 nitrogen and oxygen atoms in total. The van der Waals surface area contributed by atoms with Crippen LogP contribution in [0.1, 0.15) is 23.7 Å². The Bertz CT molecular complexity index is 528. The number of carboxylic acids is 1. The van der Waals surface area contributed by atoms with E-state index in [0.29, 0.717) is 12.2 Å². The third-order valence-corrected chi connectivity index (χ3v) is 4.61. The molecule has 1 atom stereocenters. The van der Waals surface area contributed by atoms with E-state index in [2.05, 4.69) is 9.71 Å². The van der Waals surface area contributed by atoms with Gasteiger partial charge in [-0.1, -0.05) is 6.92 Å². The van der Waals surface area contributed by atoms with Gasteiger partial charge in [-0.25, -0.2) is 22.9 Å². The smallest absolute Gasteiger partial charge is 0.337 e. The standard InChI is InChI=1S/C11H16N2O4S2/c1-3-9(7-18-2)13-19(16,17)10-5-4-8(6-12-10)11(14)15/h4-6,9,13H,3,7H2,1-2H3,(H,14,15). The van der Waals surface area contributed by atoms with Crippen LogP contribution in [-0.2, 0) is 10.0 Å². The molecule has 0 aliphatic carbocycles. The lowest BCUT2D eigenvalue weighted by atomic mass is 10.3. The van der Waals surface area contributed by atoms with Crippen molar-refractivity contribution in [3.63, 3.8) is 0 Å². The summed E-state index contributed by atoms with van der Waals surface area (Å²) in [5, 5.41) is 8.55. The van der Waals surface area contributed by atoms with Gasteiger partial charge in [-0.05, 0) is 24.8 Å². The first kappa shape index (κ1) is 15.9. The molecule has 0 radical (unpaired) electrons. The molecular weight excluding hydrogens is 288 g/mol. The molecule has 0 spiro atoms. The highest BCUT2D eigenvalue weighted by molar-refractivity contribution is 7.98. The number of thioether (sulfide) groups is 1. The minimum absolute atomic E-state index is 0.0462. The van der Waals surface area contributed by atoms with Gasteiger partial charge in [0.1, 0.15) is 0 Å². The van der Waals surface area contributed by atoms with Crippen molar-refractivity contribution in [3.8, 4) is 0 Å². The molecule has 0 aliphatic heterocycles. The Labute approximate surface area is 116 Å². The first-order valence-electron chi connectivity index (χ1n) is 5.61. The second-order valence-corrected chi connectivity index (χ2v) is 6.44. The normalized spacial score (nSPS) is 13.2. The van der Waals surface area contributed by atoms with Gasteiger partial charge < -0.3 is 5.11 Å². The number of aromatic carboxylic acids is 1. The fourth-order valence-corrected chi connectivity index (χ4v) is 3.46. The Morgan fingerprint density at radius 2 is 2.21 bits per heavy atom. The fraction of sp³-hybridized carbons (Fsp3) is 0.455. The molecule has 8 heteroatoms. The second kappa shape index (κ2) is 6.88. The first-order valence-corrected chi connectivity index (χ1v) is 8.49. The van der Waals surface area contributed by atoms with Gasteiger partial charge in [0.25, 0.3) is 10.0 Å². The number of nitrogens with one attached hydrogen (secondary N) is 1. The zero-order valence-corrected chi connectivity index (χ0v) is 12.3. The quantitative estimate of drug-likeness (QED) is 0.785. The number of nitrogens with zero attached hydrogens (tertiary/aromatic N) is 1. The molecule has 0 saturated carbocycles. The van der Waals surface area contributed by atoms with Crippen molar-refractivity contribution >= 4 is 27.8 Å². The highest BCUT2D eigenvalue weighted by Gasteiger charge is 2.20. The number of carbonyl (C=O) groups is 1. The summed E-state index contributed by atoms with van der Waals surface area (Å²) in [6, 6.07) is 2.25. The van der Waals surface area contributed by atoms with Crippen LogP contribution in [0.3, 0.4) is 0 Å². The predicted octanol–water partition coefficient (Wildman–Crippen LogP) is 1.20. The van der Waals surface area contributed by atoms with Crippen molar-refractivity contribution in [2.45, 2.75) is 24.4 Å². The topological polar surface area (TPSA) is 96.4 Å². The summed E-state index contributed by atoms with van der Waals surface area (Å²) < 4.78 is 26.6. The average Bonchev–Trinajstić information content (AvgIpc) is 2.38. The Balaban J connectivity index is 2.90. The van der Waals surface area contributed by atoms with Gasteiger partial charge >= 0.3 is 5.97 Å². The molecule has 19 heavy (non-hydrogen) atoms. The summed E-state index contributed by atoms with van der Waals surface area (Å²) in [5.74, 6) is -0.471. The van der Waals surface area contributed by atoms with E-state index in [4.69, 9.17) is 5.11 Å². The number of rotatable bonds is 7. The number of hydrogen-bond donors (Lipinski definition) is 2. The molecule has 0 amide bonds.